The van der Waals surface area contributed by atoms with Gasteiger partial charge in [-0.25, -0.2) is 0 Å². The first-order chi connectivity index (χ1) is 11.8. The molecule has 1 aliphatic rings. The fourth-order valence-electron chi connectivity index (χ4n) is 3.37. The molecule has 0 bridgehead atoms. The largest absolute Gasteiger partial charge is 0.481 e. The molecule has 2 atom stereocenters. The fourth-order valence-corrected chi connectivity index (χ4v) is 3.37. The van der Waals surface area contributed by atoms with Gasteiger partial charge >= 0.3 is 5.97 Å². The highest BCUT2D eigenvalue weighted by atomic mass is 16.5. The van der Waals surface area contributed by atoms with Gasteiger partial charge in [-0.05, 0) is 38.7 Å². The van der Waals surface area contributed by atoms with Crippen molar-refractivity contribution < 1.29 is 19.4 Å². The van der Waals surface area contributed by atoms with Crippen LogP contribution in [0.15, 0.2) is 0 Å². The molecule has 1 N–H and O–H groups in total. The third-order valence-electron chi connectivity index (χ3n) is 4.95. The number of aromatic nitrogens is 2. The molecule has 25 heavy (non-hydrogen) atoms. The molecule has 1 aliphatic heterocycles. The highest BCUT2D eigenvalue weighted by Gasteiger charge is 2.27. The van der Waals surface area contributed by atoms with E-state index in [0.717, 1.165) is 36.4 Å². The Morgan fingerprint density at radius 1 is 1.44 bits per heavy atom. The molecule has 0 aliphatic carbocycles. The Hall–Kier alpha value is -1.89. The maximum atomic E-state index is 12.9. The van der Waals surface area contributed by atoms with Crippen LogP contribution in [-0.2, 0) is 27.8 Å². The summed E-state index contributed by atoms with van der Waals surface area (Å²) in [6.45, 7) is 7.27. The number of amides is 1. The molecular formula is C18H29N3O4. The van der Waals surface area contributed by atoms with Crippen LogP contribution in [0.2, 0.25) is 0 Å². The first-order valence-electron chi connectivity index (χ1n) is 8.90. The van der Waals surface area contributed by atoms with Crippen LogP contribution in [0.25, 0.3) is 0 Å². The molecule has 0 spiro atoms. The van der Waals surface area contributed by atoms with Gasteiger partial charge in [-0.2, -0.15) is 5.10 Å². The highest BCUT2D eigenvalue weighted by molar-refractivity contribution is 5.79. The second-order valence-corrected chi connectivity index (χ2v) is 6.94. The van der Waals surface area contributed by atoms with Crippen molar-refractivity contribution in [2.75, 3.05) is 19.7 Å². The minimum atomic E-state index is -0.892. The normalized spacial score (nSPS) is 18.3. The van der Waals surface area contributed by atoms with Gasteiger partial charge in [-0.3, -0.25) is 14.3 Å². The van der Waals surface area contributed by atoms with Crippen LogP contribution in [0, 0.1) is 19.8 Å². The lowest BCUT2D eigenvalue weighted by atomic mass is 9.98. The van der Waals surface area contributed by atoms with Crippen molar-refractivity contribution >= 4 is 11.9 Å². The molecule has 0 radical (unpaired) electrons. The van der Waals surface area contributed by atoms with Gasteiger partial charge in [0.15, 0.2) is 0 Å². The van der Waals surface area contributed by atoms with Crippen molar-refractivity contribution in [3.63, 3.8) is 0 Å². The Morgan fingerprint density at radius 3 is 2.68 bits per heavy atom. The Labute approximate surface area is 148 Å². The number of carbonyl (C=O) groups excluding carboxylic acids is 1. The molecule has 0 aromatic carbocycles. The van der Waals surface area contributed by atoms with Crippen molar-refractivity contribution in [3.05, 3.63) is 17.0 Å². The van der Waals surface area contributed by atoms with E-state index in [4.69, 9.17) is 9.84 Å². The number of carboxylic acids is 1. The molecule has 7 heteroatoms. The Kier molecular flexibility index (Phi) is 6.58. The lowest BCUT2D eigenvalue weighted by molar-refractivity contribution is -0.140. The monoisotopic (exact) mass is 351 g/mol. The second kappa shape index (κ2) is 8.47. The van der Waals surface area contributed by atoms with E-state index in [-0.39, 0.29) is 30.9 Å². The van der Waals surface area contributed by atoms with Crippen molar-refractivity contribution in [1.29, 1.82) is 0 Å². The maximum Gasteiger partial charge on any atom is 0.305 e. The Bertz CT molecular complexity index is 620. The lowest BCUT2D eigenvalue weighted by Gasteiger charge is -2.27. The van der Waals surface area contributed by atoms with Gasteiger partial charge < -0.3 is 14.7 Å². The summed E-state index contributed by atoms with van der Waals surface area (Å²) < 4.78 is 7.46. The molecular weight excluding hydrogens is 322 g/mol. The SMILES string of the molecule is Cc1nn(C)c(C)c1C[C@H](C)C(=O)N(CCC(=O)O)C[C@@H]1CCCO1. The summed E-state index contributed by atoms with van der Waals surface area (Å²) >= 11 is 0. The van der Waals surface area contributed by atoms with Gasteiger partial charge in [0.05, 0.1) is 18.2 Å². The number of aliphatic carboxylic acids is 1. The summed E-state index contributed by atoms with van der Waals surface area (Å²) in [4.78, 5) is 25.5. The van der Waals surface area contributed by atoms with Crippen LogP contribution < -0.4 is 0 Å². The van der Waals surface area contributed by atoms with E-state index in [1.54, 1.807) is 4.90 Å². The van der Waals surface area contributed by atoms with Gasteiger partial charge in [-0.15, -0.1) is 0 Å². The molecule has 0 saturated carbocycles. The van der Waals surface area contributed by atoms with Crippen LogP contribution in [0.4, 0.5) is 0 Å². The number of carbonyl (C=O) groups is 2. The number of hydrogen-bond acceptors (Lipinski definition) is 4. The van der Waals surface area contributed by atoms with E-state index in [1.807, 2.05) is 32.5 Å². The summed E-state index contributed by atoms with van der Waals surface area (Å²) in [5, 5.41) is 13.4. The third-order valence-corrected chi connectivity index (χ3v) is 4.95. The van der Waals surface area contributed by atoms with Gasteiger partial charge in [0.25, 0.3) is 0 Å². The quantitative estimate of drug-likeness (QED) is 0.770. The number of carboxylic acid groups (broad SMARTS) is 1. The summed E-state index contributed by atoms with van der Waals surface area (Å²) in [5.74, 6) is -1.13. The summed E-state index contributed by atoms with van der Waals surface area (Å²) in [7, 11) is 1.90. The molecule has 7 nitrogen and oxygen atoms in total. The van der Waals surface area contributed by atoms with E-state index >= 15 is 0 Å². The molecule has 1 amide bonds. The van der Waals surface area contributed by atoms with E-state index in [1.165, 1.54) is 0 Å². The Balaban J connectivity index is 2.05. The van der Waals surface area contributed by atoms with E-state index in [0.29, 0.717) is 13.0 Å². The van der Waals surface area contributed by atoms with E-state index < -0.39 is 5.97 Å². The average Bonchev–Trinajstić information content (AvgIpc) is 3.14. The second-order valence-electron chi connectivity index (χ2n) is 6.94. The van der Waals surface area contributed by atoms with Crippen molar-refractivity contribution in [2.45, 2.75) is 52.6 Å². The minimum absolute atomic E-state index is 0.0144. The van der Waals surface area contributed by atoms with Crippen LogP contribution in [0.1, 0.15) is 43.1 Å². The molecule has 2 heterocycles. The minimum Gasteiger partial charge on any atom is -0.481 e. The average molecular weight is 351 g/mol. The van der Waals surface area contributed by atoms with Gasteiger partial charge in [0, 0.05) is 38.4 Å². The molecule has 140 valence electrons. The fraction of sp³-hybridized carbons (Fsp3) is 0.722. The third kappa shape index (κ3) is 5.04. The number of nitrogens with zero attached hydrogens (tertiary/aromatic N) is 3. The number of rotatable bonds is 8. The summed E-state index contributed by atoms with van der Waals surface area (Å²) in [6, 6.07) is 0. The van der Waals surface area contributed by atoms with Crippen LogP contribution in [0.3, 0.4) is 0 Å². The van der Waals surface area contributed by atoms with Crippen molar-refractivity contribution in [3.8, 4) is 0 Å². The zero-order chi connectivity index (χ0) is 18.6. The topological polar surface area (TPSA) is 84.7 Å². The summed E-state index contributed by atoms with van der Waals surface area (Å²) in [6.07, 6.45) is 2.50. The van der Waals surface area contributed by atoms with Crippen LogP contribution in [-0.4, -0.2) is 57.5 Å². The first-order valence-corrected chi connectivity index (χ1v) is 8.90. The lowest BCUT2D eigenvalue weighted by Crippen LogP contribution is -2.42. The Morgan fingerprint density at radius 2 is 2.16 bits per heavy atom. The van der Waals surface area contributed by atoms with Crippen molar-refractivity contribution in [2.24, 2.45) is 13.0 Å². The molecule has 1 aromatic heterocycles. The zero-order valence-corrected chi connectivity index (χ0v) is 15.6. The molecule has 1 fully saturated rings. The number of aryl methyl sites for hydroxylation is 2. The molecule has 2 rings (SSSR count). The van der Waals surface area contributed by atoms with E-state index in [9.17, 15) is 9.59 Å². The smallest absolute Gasteiger partial charge is 0.305 e. The number of hydrogen-bond donors (Lipinski definition) is 1. The predicted octanol–water partition coefficient (Wildman–Crippen LogP) is 1.70. The van der Waals surface area contributed by atoms with Crippen molar-refractivity contribution in [1.82, 2.24) is 14.7 Å². The molecule has 1 saturated heterocycles. The zero-order valence-electron chi connectivity index (χ0n) is 15.6. The van der Waals surface area contributed by atoms with Gasteiger partial charge in [-0.1, -0.05) is 6.92 Å². The standard InChI is InChI=1S/C18H29N3O4/c1-12(10-16-13(2)19-20(4)14(16)3)18(24)21(8-7-17(22)23)11-15-6-5-9-25-15/h12,15H,5-11H2,1-4H3,(H,22,23)/t12-,15-/m0/s1. The molecule has 0 unspecified atom stereocenters. The maximum absolute atomic E-state index is 12.9. The van der Waals surface area contributed by atoms with Gasteiger partial charge in [0.2, 0.25) is 5.91 Å². The first kappa shape index (κ1) is 19.4. The summed E-state index contributed by atoms with van der Waals surface area (Å²) in [5.41, 5.74) is 3.10. The predicted molar refractivity (Wildman–Crippen MR) is 93.4 cm³/mol. The number of ether oxygens (including phenoxy) is 1. The van der Waals surface area contributed by atoms with Crippen LogP contribution in [0.5, 0.6) is 0 Å². The van der Waals surface area contributed by atoms with Gasteiger partial charge in [0.1, 0.15) is 0 Å². The van der Waals surface area contributed by atoms with Crippen LogP contribution >= 0.6 is 0 Å². The molecule has 1 aromatic rings. The van der Waals surface area contributed by atoms with E-state index in [2.05, 4.69) is 5.10 Å². The highest BCUT2D eigenvalue weighted by Crippen LogP contribution is 2.20.